The quantitative estimate of drug-likeness (QED) is 0.596. The third-order valence-corrected chi connectivity index (χ3v) is 5.99. The van der Waals surface area contributed by atoms with Crippen LogP contribution in [0.5, 0.6) is 5.75 Å². The van der Waals surface area contributed by atoms with Crippen LogP contribution in [0.4, 0.5) is 16.2 Å². The van der Waals surface area contributed by atoms with Gasteiger partial charge in [-0.25, -0.2) is 9.37 Å². The van der Waals surface area contributed by atoms with E-state index in [0.717, 1.165) is 24.3 Å². The Balaban J connectivity index is 1.61. The zero-order valence-electron chi connectivity index (χ0n) is 19.1. The van der Waals surface area contributed by atoms with Gasteiger partial charge >= 0.3 is 0 Å². The van der Waals surface area contributed by atoms with E-state index >= 15 is 0 Å². The number of hydrogen-bond acceptors (Lipinski definition) is 8. The molecule has 1 aromatic carbocycles. The first-order chi connectivity index (χ1) is 16.0. The first-order valence-electron chi connectivity index (χ1n) is 11.3. The second-order valence-corrected chi connectivity index (χ2v) is 8.53. The second-order valence-electron chi connectivity index (χ2n) is 8.53. The molecule has 0 aliphatic carbocycles. The molecule has 8 nitrogen and oxygen atoms in total. The van der Waals surface area contributed by atoms with Gasteiger partial charge in [0.1, 0.15) is 5.82 Å². The van der Waals surface area contributed by atoms with Crippen molar-refractivity contribution in [1.82, 2.24) is 15.0 Å². The van der Waals surface area contributed by atoms with Gasteiger partial charge in [-0.1, -0.05) is 0 Å². The Hall–Kier alpha value is -3.04. The Bertz CT molecular complexity index is 1140. The van der Waals surface area contributed by atoms with Gasteiger partial charge < -0.3 is 24.0 Å². The number of benzene rings is 1. The average molecular weight is 454 g/mol. The smallest absolute Gasteiger partial charge is 0.229 e. The fraction of sp³-hybridized carbons (Fsp3) is 0.458. The largest absolute Gasteiger partial charge is 0.494 e. The van der Waals surface area contributed by atoms with E-state index in [2.05, 4.69) is 23.6 Å². The predicted molar refractivity (Wildman–Crippen MR) is 125 cm³/mol. The third-order valence-electron chi connectivity index (χ3n) is 5.99. The summed E-state index contributed by atoms with van der Waals surface area (Å²) in [5.74, 6) is 1.27. The standard InChI is InChI=1S/C24H28FN5O3/c1-15-13-30(14-16(2)33-15)24-27-22-18(23(28-24)29-8-10-32-11-9-29)5-6-20(26-22)17-4-7-21(31-3)19(25)12-17/h4-7,12,15-16H,8-11,13-14H2,1-3H3. The van der Waals surface area contributed by atoms with Crippen LogP contribution in [0.1, 0.15) is 13.8 Å². The summed E-state index contributed by atoms with van der Waals surface area (Å²) in [4.78, 5) is 19.0. The lowest BCUT2D eigenvalue weighted by molar-refractivity contribution is -0.00570. The summed E-state index contributed by atoms with van der Waals surface area (Å²) >= 11 is 0. The van der Waals surface area contributed by atoms with Gasteiger partial charge in [0.2, 0.25) is 5.95 Å². The molecule has 2 saturated heterocycles. The molecular formula is C24H28FN5O3. The molecule has 0 saturated carbocycles. The number of ether oxygens (including phenoxy) is 3. The van der Waals surface area contributed by atoms with E-state index < -0.39 is 5.82 Å². The predicted octanol–water partition coefficient (Wildman–Crippen LogP) is 3.29. The highest BCUT2D eigenvalue weighted by Crippen LogP contribution is 2.31. The SMILES string of the molecule is COc1ccc(-c2ccc3c(N4CCOCC4)nc(N4CC(C)OC(C)C4)nc3n2)cc1F. The van der Waals surface area contributed by atoms with E-state index in [1.54, 1.807) is 12.1 Å². The molecule has 174 valence electrons. The summed E-state index contributed by atoms with van der Waals surface area (Å²) in [7, 11) is 1.45. The molecule has 0 radical (unpaired) electrons. The van der Waals surface area contributed by atoms with E-state index in [4.69, 9.17) is 29.2 Å². The van der Waals surface area contributed by atoms with Crippen LogP contribution in [0.15, 0.2) is 30.3 Å². The highest BCUT2D eigenvalue weighted by atomic mass is 19.1. The fourth-order valence-electron chi connectivity index (χ4n) is 4.47. The number of hydrogen-bond donors (Lipinski definition) is 0. The Morgan fingerprint density at radius 2 is 1.73 bits per heavy atom. The third kappa shape index (κ3) is 4.43. The molecule has 0 spiro atoms. The van der Waals surface area contributed by atoms with Gasteiger partial charge in [0.05, 0.1) is 43.6 Å². The summed E-state index contributed by atoms with van der Waals surface area (Å²) in [6.07, 6.45) is 0.169. The maximum absolute atomic E-state index is 14.3. The van der Waals surface area contributed by atoms with Crippen LogP contribution in [0.2, 0.25) is 0 Å². The molecule has 2 aliphatic rings. The topological polar surface area (TPSA) is 72.8 Å². The van der Waals surface area contributed by atoms with Crippen LogP contribution < -0.4 is 14.5 Å². The summed E-state index contributed by atoms with van der Waals surface area (Å²) < 4.78 is 30.8. The molecule has 9 heteroatoms. The van der Waals surface area contributed by atoms with Crippen LogP contribution in [0, 0.1) is 5.82 Å². The van der Waals surface area contributed by atoms with Crippen LogP contribution >= 0.6 is 0 Å². The highest BCUT2D eigenvalue weighted by molar-refractivity contribution is 5.90. The summed E-state index contributed by atoms with van der Waals surface area (Å²) in [6, 6.07) is 8.70. The number of rotatable bonds is 4. The average Bonchev–Trinajstić information content (AvgIpc) is 2.83. The molecule has 0 amide bonds. The Labute approximate surface area is 192 Å². The summed E-state index contributed by atoms with van der Waals surface area (Å²) in [6.45, 7) is 8.36. The van der Waals surface area contributed by atoms with Gasteiger partial charge in [-0.05, 0) is 44.2 Å². The number of pyridine rings is 1. The number of nitrogens with zero attached hydrogens (tertiary/aromatic N) is 5. The first-order valence-corrected chi connectivity index (χ1v) is 11.3. The highest BCUT2D eigenvalue weighted by Gasteiger charge is 2.26. The van der Waals surface area contributed by atoms with Gasteiger partial charge in [-0.3, -0.25) is 0 Å². The number of halogens is 1. The number of morpholine rings is 2. The Kier molecular flexibility index (Phi) is 5.99. The van der Waals surface area contributed by atoms with Crippen molar-refractivity contribution in [3.05, 3.63) is 36.1 Å². The molecule has 0 bridgehead atoms. The first kappa shape index (κ1) is 21.8. The number of fused-ring (bicyclic) bond motifs is 1. The minimum absolute atomic E-state index is 0.0847. The van der Waals surface area contributed by atoms with Crippen LogP contribution in [-0.2, 0) is 9.47 Å². The van der Waals surface area contributed by atoms with Crippen molar-refractivity contribution < 1.29 is 18.6 Å². The van der Waals surface area contributed by atoms with Gasteiger partial charge in [0.25, 0.3) is 0 Å². The van der Waals surface area contributed by atoms with Gasteiger partial charge in [0.15, 0.2) is 17.2 Å². The normalized spacial score (nSPS) is 21.5. The molecule has 5 rings (SSSR count). The summed E-state index contributed by atoms with van der Waals surface area (Å²) in [5, 5.41) is 0.868. The second kappa shape index (κ2) is 9.07. The van der Waals surface area contributed by atoms with Crippen LogP contribution in [-0.4, -0.2) is 73.7 Å². The van der Waals surface area contributed by atoms with E-state index in [1.165, 1.54) is 13.2 Å². The summed E-state index contributed by atoms with van der Waals surface area (Å²) in [5.41, 5.74) is 1.89. The lowest BCUT2D eigenvalue weighted by atomic mass is 10.1. The molecule has 2 unspecified atom stereocenters. The molecule has 4 heterocycles. The monoisotopic (exact) mass is 453 g/mol. The zero-order chi connectivity index (χ0) is 22.9. The van der Waals surface area contributed by atoms with E-state index in [-0.39, 0.29) is 18.0 Å². The van der Waals surface area contributed by atoms with Gasteiger partial charge in [-0.15, -0.1) is 0 Å². The van der Waals surface area contributed by atoms with Crippen LogP contribution in [0.25, 0.3) is 22.3 Å². The molecule has 2 aromatic heterocycles. The lowest BCUT2D eigenvalue weighted by Gasteiger charge is -2.36. The molecule has 2 fully saturated rings. The number of aromatic nitrogens is 3. The minimum atomic E-state index is -0.425. The zero-order valence-corrected chi connectivity index (χ0v) is 19.1. The molecule has 3 aromatic rings. The lowest BCUT2D eigenvalue weighted by Crippen LogP contribution is -2.46. The van der Waals surface area contributed by atoms with Crippen molar-refractivity contribution >= 4 is 22.8 Å². The molecule has 2 aliphatic heterocycles. The maximum Gasteiger partial charge on any atom is 0.229 e. The van der Waals surface area contributed by atoms with E-state index in [9.17, 15) is 4.39 Å². The van der Waals surface area contributed by atoms with E-state index in [0.29, 0.717) is 49.2 Å². The van der Waals surface area contributed by atoms with Crippen molar-refractivity contribution in [1.29, 1.82) is 0 Å². The Morgan fingerprint density at radius 1 is 0.970 bits per heavy atom. The van der Waals surface area contributed by atoms with Crippen molar-refractivity contribution in [3.63, 3.8) is 0 Å². The molecule has 33 heavy (non-hydrogen) atoms. The Morgan fingerprint density at radius 3 is 2.42 bits per heavy atom. The van der Waals surface area contributed by atoms with Gasteiger partial charge in [0, 0.05) is 31.7 Å². The fourth-order valence-corrected chi connectivity index (χ4v) is 4.47. The van der Waals surface area contributed by atoms with Gasteiger partial charge in [-0.2, -0.15) is 9.97 Å². The molecule has 0 N–H and O–H groups in total. The maximum atomic E-state index is 14.3. The molecular weight excluding hydrogens is 425 g/mol. The van der Waals surface area contributed by atoms with Crippen molar-refractivity contribution in [2.45, 2.75) is 26.1 Å². The molecule has 2 atom stereocenters. The minimum Gasteiger partial charge on any atom is -0.494 e. The van der Waals surface area contributed by atoms with Crippen LogP contribution in [0.3, 0.4) is 0 Å². The van der Waals surface area contributed by atoms with Crippen molar-refractivity contribution in [2.24, 2.45) is 0 Å². The number of anilines is 2. The number of methoxy groups -OCH3 is 1. The van der Waals surface area contributed by atoms with Crippen molar-refractivity contribution in [3.8, 4) is 17.0 Å². The van der Waals surface area contributed by atoms with Crippen molar-refractivity contribution in [2.75, 3.05) is 56.3 Å². The van der Waals surface area contributed by atoms with E-state index in [1.807, 2.05) is 12.1 Å².